The third kappa shape index (κ3) is 28.9. The van der Waals surface area contributed by atoms with Crippen LogP contribution in [0.25, 0.3) is 0 Å². The third-order valence-corrected chi connectivity index (χ3v) is 7.80. The molecule has 0 radical (unpaired) electrons. The highest BCUT2D eigenvalue weighted by Gasteiger charge is 2.26. The van der Waals surface area contributed by atoms with Gasteiger partial charge in [-0.15, -0.1) is 0 Å². The average molecular weight is 589 g/mol. The number of phosphoric ester groups is 1. The lowest BCUT2D eigenvalue weighted by Gasteiger charge is -2.24. The van der Waals surface area contributed by atoms with E-state index in [0.29, 0.717) is 17.6 Å². The van der Waals surface area contributed by atoms with Gasteiger partial charge in [-0.3, -0.25) is 13.2 Å². The second kappa shape index (κ2) is 22.6. The van der Waals surface area contributed by atoms with Gasteiger partial charge in [0, 0.05) is 6.61 Å². The maximum Gasteiger partial charge on any atom is 0.472 e. The molecule has 38 heavy (non-hydrogen) atoms. The normalized spacial score (nSPS) is 15.0. The molecule has 2 unspecified atom stereocenters. The van der Waals surface area contributed by atoms with Crippen LogP contribution in [-0.2, 0) is 32.7 Å². The Morgan fingerprint density at radius 2 is 1.16 bits per heavy atom. The van der Waals surface area contributed by atoms with Gasteiger partial charge in [-0.1, -0.05) is 103 Å². The van der Waals surface area contributed by atoms with Crippen LogP contribution in [0.4, 0.5) is 0 Å². The minimum atomic E-state index is -4.32. The molecule has 0 aliphatic rings. The van der Waals surface area contributed by atoms with Gasteiger partial charge in [0.1, 0.15) is 19.3 Å². The number of ether oxygens (including phenoxy) is 1. The lowest BCUT2D eigenvalue weighted by molar-refractivity contribution is -0.870. The van der Waals surface area contributed by atoms with E-state index >= 15 is 0 Å². The van der Waals surface area contributed by atoms with Crippen LogP contribution in [0.5, 0.6) is 0 Å². The van der Waals surface area contributed by atoms with Crippen molar-refractivity contribution in [2.45, 2.75) is 116 Å². The summed E-state index contributed by atoms with van der Waals surface area (Å²) in [4.78, 5) is 9.84. The molecule has 0 amide bonds. The number of phosphoric acid groups is 1. The van der Waals surface area contributed by atoms with Gasteiger partial charge in [-0.05, 0) is 6.42 Å². The summed E-state index contributed by atoms with van der Waals surface area (Å²) in [5.74, 6) is 0. The first-order valence-electron chi connectivity index (χ1n) is 14.7. The minimum absolute atomic E-state index is 0.0324. The largest absolute Gasteiger partial charge is 0.472 e. The van der Waals surface area contributed by atoms with Gasteiger partial charge < -0.3 is 14.1 Å². The molecule has 0 aromatic heterocycles. The highest BCUT2D eigenvalue weighted by molar-refractivity contribution is 7.86. The zero-order valence-electron chi connectivity index (χ0n) is 25.0. The quantitative estimate of drug-likeness (QED) is 0.0481. The molecule has 1 N–H and O–H groups in total. The van der Waals surface area contributed by atoms with E-state index in [4.69, 9.17) is 18.0 Å². The van der Waals surface area contributed by atoms with Crippen molar-refractivity contribution >= 4 is 17.9 Å². The lowest BCUT2D eigenvalue weighted by Crippen LogP contribution is -2.37. The molecule has 0 saturated heterocycles. The summed E-state index contributed by atoms with van der Waals surface area (Å²) in [5, 5.41) is 0. The maximum absolute atomic E-state index is 12.1. The third-order valence-electron chi connectivity index (χ3n) is 6.20. The monoisotopic (exact) mass is 588 g/mol. The lowest BCUT2D eigenvalue weighted by atomic mass is 10.0. The molecule has 0 aliphatic heterocycles. The van der Waals surface area contributed by atoms with Crippen LogP contribution < -0.4 is 0 Å². The van der Waals surface area contributed by atoms with Crippen molar-refractivity contribution in [1.82, 2.24) is 0 Å². The molecule has 0 bridgehead atoms. The molecular formula is C27H59NO8PS+. The van der Waals surface area contributed by atoms with Gasteiger partial charge >= 0.3 is 7.82 Å². The standard InChI is InChI=1S/C27H58NO8PS/c1-6-7-8-9-10-11-12-13-14-15-16-17-18-19-20-21-23-33-25-27(36-38(5,31)32)26-35-37(29,30)34-24-22-28(2,3)4/h27H,6-26H2,1-5H3/p+1. The molecule has 0 fully saturated rings. The Labute approximate surface area is 234 Å². The molecule has 0 rings (SSSR count). The number of likely N-dealkylation sites (N-methyl/N-ethyl adjacent to an activating group) is 1. The average Bonchev–Trinajstić information content (AvgIpc) is 2.80. The van der Waals surface area contributed by atoms with E-state index < -0.39 is 30.7 Å². The van der Waals surface area contributed by atoms with Gasteiger partial charge in [0.15, 0.2) is 0 Å². The Hall–Kier alpha value is -0.0600. The van der Waals surface area contributed by atoms with Crippen molar-refractivity contribution in [3.8, 4) is 0 Å². The summed E-state index contributed by atoms with van der Waals surface area (Å²) in [6.07, 6.45) is 20.6. The first-order chi connectivity index (χ1) is 17.8. The molecule has 9 nitrogen and oxygen atoms in total. The summed E-state index contributed by atoms with van der Waals surface area (Å²) in [7, 11) is -2.30. The number of unbranched alkanes of at least 4 members (excludes halogenated alkanes) is 15. The number of hydrogen-bond donors (Lipinski definition) is 1. The minimum Gasteiger partial charge on any atom is -0.379 e. The highest BCUT2D eigenvalue weighted by Crippen LogP contribution is 2.43. The van der Waals surface area contributed by atoms with Gasteiger partial charge in [0.05, 0.1) is 40.6 Å². The van der Waals surface area contributed by atoms with Crippen molar-refractivity contribution in [1.29, 1.82) is 0 Å². The van der Waals surface area contributed by atoms with Crippen LogP contribution in [0.2, 0.25) is 0 Å². The summed E-state index contributed by atoms with van der Waals surface area (Å²) in [5.41, 5.74) is 0. The van der Waals surface area contributed by atoms with Crippen molar-refractivity contribution in [3.63, 3.8) is 0 Å². The van der Waals surface area contributed by atoms with Crippen molar-refractivity contribution in [2.75, 3.05) is 60.4 Å². The number of nitrogens with zero attached hydrogens (tertiary/aromatic N) is 1. The molecule has 0 aromatic carbocycles. The summed E-state index contributed by atoms with van der Waals surface area (Å²) in [6, 6.07) is 0. The molecule has 0 aliphatic carbocycles. The van der Waals surface area contributed by atoms with Gasteiger partial charge in [-0.25, -0.2) is 4.57 Å². The number of quaternary nitrogens is 1. The number of rotatable bonds is 28. The van der Waals surface area contributed by atoms with Gasteiger partial charge in [0.25, 0.3) is 10.1 Å². The fraction of sp³-hybridized carbons (Fsp3) is 1.00. The molecule has 0 aromatic rings. The predicted molar refractivity (Wildman–Crippen MR) is 155 cm³/mol. The maximum atomic E-state index is 12.1. The van der Waals surface area contributed by atoms with E-state index in [2.05, 4.69) is 6.92 Å². The molecule has 0 spiro atoms. The second-order valence-electron chi connectivity index (χ2n) is 11.4. The van der Waals surface area contributed by atoms with E-state index in [1.165, 1.54) is 83.5 Å². The van der Waals surface area contributed by atoms with E-state index in [1.807, 2.05) is 21.1 Å². The van der Waals surface area contributed by atoms with E-state index in [9.17, 15) is 17.9 Å². The SMILES string of the molecule is CCCCCCCCCCCCCCCCCCOCC(COP(=O)(O)OCC[N+](C)(C)C)OS(C)(=O)=O. The molecule has 230 valence electrons. The first kappa shape index (κ1) is 37.9. The van der Waals surface area contributed by atoms with Crippen LogP contribution in [0.3, 0.4) is 0 Å². The Morgan fingerprint density at radius 3 is 1.58 bits per heavy atom. The smallest absolute Gasteiger partial charge is 0.379 e. The number of hydrogen-bond acceptors (Lipinski definition) is 7. The molecule has 0 heterocycles. The molecular weight excluding hydrogens is 529 g/mol. The molecule has 0 saturated carbocycles. The predicted octanol–water partition coefficient (Wildman–Crippen LogP) is 6.45. The van der Waals surface area contributed by atoms with Crippen molar-refractivity contribution < 1.29 is 40.3 Å². The Morgan fingerprint density at radius 1 is 0.711 bits per heavy atom. The Bertz CT molecular complexity index is 700. The van der Waals surface area contributed by atoms with E-state index in [-0.39, 0.29) is 13.2 Å². The highest BCUT2D eigenvalue weighted by atomic mass is 32.2. The summed E-state index contributed by atoms with van der Waals surface area (Å²) < 4.78 is 56.1. The molecule has 2 atom stereocenters. The van der Waals surface area contributed by atoms with Crippen molar-refractivity contribution in [2.24, 2.45) is 0 Å². The first-order valence-corrected chi connectivity index (χ1v) is 18.0. The zero-order valence-corrected chi connectivity index (χ0v) is 26.7. The van der Waals surface area contributed by atoms with Crippen molar-refractivity contribution in [3.05, 3.63) is 0 Å². The van der Waals surface area contributed by atoms with Crippen LogP contribution in [-0.4, -0.2) is 84.3 Å². The van der Waals surface area contributed by atoms with Gasteiger partial charge in [0.2, 0.25) is 0 Å². The van der Waals surface area contributed by atoms with Crippen LogP contribution in [0.1, 0.15) is 110 Å². The summed E-state index contributed by atoms with van der Waals surface area (Å²) in [6.45, 7) is 2.80. The molecule has 11 heteroatoms. The topological polar surface area (TPSA) is 108 Å². The van der Waals surface area contributed by atoms with Gasteiger partial charge in [-0.2, -0.15) is 8.42 Å². The second-order valence-corrected chi connectivity index (χ2v) is 14.5. The van der Waals surface area contributed by atoms with E-state index in [1.54, 1.807) is 0 Å². The Kier molecular flexibility index (Phi) is 22.6. The van der Waals surface area contributed by atoms with Crippen LogP contribution in [0, 0.1) is 0 Å². The fourth-order valence-corrected chi connectivity index (χ4v) is 5.31. The van der Waals surface area contributed by atoms with E-state index in [0.717, 1.165) is 25.5 Å². The van der Waals surface area contributed by atoms with Crippen LogP contribution >= 0.6 is 7.82 Å². The Balaban J connectivity index is 3.83. The zero-order chi connectivity index (χ0) is 28.8. The summed E-state index contributed by atoms with van der Waals surface area (Å²) >= 11 is 0. The fourth-order valence-electron chi connectivity index (χ4n) is 3.96. The van der Waals surface area contributed by atoms with Crippen LogP contribution in [0.15, 0.2) is 0 Å².